The Morgan fingerprint density at radius 1 is 1.12 bits per heavy atom. The van der Waals surface area contributed by atoms with Crippen LogP contribution in [-0.2, 0) is 6.42 Å². The van der Waals surface area contributed by atoms with E-state index in [1.54, 1.807) is 4.90 Å². The molecule has 0 unspecified atom stereocenters. The third kappa shape index (κ3) is 3.04. The molecule has 0 spiro atoms. The lowest BCUT2D eigenvalue weighted by Gasteiger charge is -2.37. The van der Waals surface area contributed by atoms with Crippen LogP contribution in [0.3, 0.4) is 0 Å². The molecular formula is C19H19F2N3O. The number of halogens is 2. The molecule has 0 bridgehead atoms. The molecule has 1 heterocycles. The number of carbonyl (C=O) groups is 1. The number of amides is 2. The number of benzene rings is 2. The molecule has 1 aliphatic heterocycles. The van der Waals surface area contributed by atoms with E-state index in [2.05, 4.69) is 5.32 Å². The van der Waals surface area contributed by atoms with Gasteiger partial charge >= 0.3 is 6.03 Å². The van der Waals surface area contributed by atoms with Gasteiger partial charge in [-0.25, -0.2) is 13.6 Å². The lowest BCUT2D eigenvalue weighted by molar-refractivity contribution is 0.254. The summed E-state index contributed by atoms with van der Waals surface area (Å²) in [7, 11) is 0. The fraction of sp³-hybridized carbons (Fsp3) is 0.316. The average molecular weight is 343 g/mol. The number of nitrogens with one attached hydrogen (secondary N) is 1. The van der Waals surface area contributed by atoms with Crippen LogP contribution in [0.25, 0.3) is 0 Å². The van der Waals surface area contributed by atoms with E-state index in [-0.39, 0.29) is 12.0 Å². The monoisotopic (exact) mass is 343 g/mol. The van der Waals surface area contributed by atoms with Crippen LogP contribution < -0.4 is 16.0 Å². The highest BCUT2D eigenvalue weighted by Gasteiger charge is 2.31. The Labute approximate surface area is 144 Å². The second-order valence-corrected chi connectivity index (χ2v) is 6.80. The topological polar surface area (TPSA) is 58.4 Å². The molecule has 1 fully saturated rings. The predicted octanol–water partition coefficient (Wildman–Crippen LogP) is 3.76. The van der Waals surface area contributed by atoms with E-state index in [1.165, 1.54) is 12.1 Å². The summed E-state index contributed by atoms with van der Waals surface area (Å²) in [6, 6.07) is 9.48. The van der Waals surface area contributed by atoms with Gasteiger partial charge in [0, 0.05) is 24.3 Å². The van der Waals surface area contributed by atoms with Gasteiger partial charge in [-0.3, -0.25) is 4.90 Å². The van der Waals surface area contributed by atoms with Crippen molar-refractivity contribution >= 4 is 17.4 Å². The highest BCUT2D eigenvalue weighted by Crippen LogP contribution is 2.40. The number of hydrogen-bond acceptors (Lipinski definition) is 2. The molecule has 25 heavy (non-hydrogen) atoms. The summed E-state index contributed by atoms with van der Waals surface area (Å²) in [5, 5.41) is 3.43. The minimum atomic E-state index is -0.531. The largest absolute Gasteiger partial charge is 0.382 e. The van der Waals surface area contributed by atoms with Gasteiger partial charge in [0.25, 0.3) is 0 Å². The molecule has 0 saturated heterocycles. The minimum Gasteiger partial charge on any atom is -0.382 e. The van der Waals surface area contributed by atoms with Crippen molar-refractivity contribution in [3.63, 3.8) is 0 Å². The first-order valence-electron chi connectivity index (χ1n) is 8.42. The molecule has 6 heteroatoms. The van der Waals surface area contributed by atoms with E-state index >= 15 is 0 Å². The summed E-state index contributed by atoms with van der Waals surface area (Å²) in [6.07, 6.45) is 2.45. The molecular weight excluding hydrogens is 324 g/mol. The van der Waals surface area contributed by atoms with Gasteiger partial charge in [0.05, 0.1) is 5.69 Å². The van der Waals surface area contributed by atoms with Gasteiger partial charge in [-0.2, -0.15) is 0 Å². The van der Waals surface area contributed by atoms with Crippen LogP contribution in [0.1, 0.15) is 29.9 Å². The number of primary amides is 1. The van der Waals surface area contributed by atoms with Gasteiger partial charge in [-0.15, -0.1) is 0 Å². The standard InChI is InChI=1S/C19H19F2N3O/c20-14-5-12(6-15(21)9-14)13-7-17(8-13)23-16-2-1-11-3-4-24(19(22)25)18(11)10-16/h1-2,5-6,9-10,13,17,23H,3-4,7-8H2,(H2,22,25). The number of rotatable bonds is 3. The smallest absolute Gasteiger partial charge is 0.319 e. The number of nitrogens with zero attached hydrogens (tertiary/aromatic N) is 1. The van der Waals surface area contributed by atoms with Crippen LogP contribution in [0, 0.1) is 11.6 Å². The van der Waals surface area contributed by atoms with Crippen molar-refractivity contribution in [2.75, 3.05) is 16.8 Å². The highest BCUT2D eigenvalue weighted by molar-refractivity contribution is 5.93. The van der Waals surface area contributed by atoms with Crippen molar-refractivity contribution < 1.29 is 13.6 Å². The van der Waals surface area contributed by atoms with Crippen LogP contribution in [0.2, 0.25) is 0 Å². The maximum atomic E-state index is 13.3. The SMILES string of the molecule is NC(=O)N1CCc2ccc(NC3CC(c4cc(F)cc(F)c4)C3)cc21. The molecule has 0 atom stereocenters. The van der Waals surface area contributed by atoms with Crippen molar-refractivity contribution in [2.45, 2.75) is 31.2 Å². The van der Waals surface area contributed by atoms with E-state index in [0.717, 1.165) is 42.3 Å². The molecule has 4 rings (SSSR count). The number of fused-ring (bicyclic) bond motifs is 1. The van der Waals surface area contributed by atoms with Crippen LogP contribution in [-0.4, -0.2) is 18.6 Å². The summed E-state index contributed by atoms with van der Waals surface area (Å²) < 4.78 is 26.6. The van der Waals surface area contributed by atoms with Gasteiger partial charge < -0.3 is 11.1 Å². The van der Waals surface area contributed by atoms with Gasteiger partial charge in [0.2, 0.25) is 0 Å². The van der Waals surface area contributed by atoms with E-state index in [4.69, 9.17) is 5.73 Å². The van der Waals surface area contributed by atoms with E-state index in [1.807, 2.05) is 18.2 Å². The van der Waals surface area contributed by atoms with Crippen molar-refractivity contribution in [3.05, 3.63) is 59.2 Å². The molecule has 2 amide bonds. The maximum Gasteiger partial charge on any atom is 0.319 e. The summed E-state index contributed by atoms with van der Waals surface area (Å²) >= 11 is 0. The lowest BCUT2D eigenvalue weighted by Crippen LogP contribution is -2.35. The first-order valence-corrected chi connectivity index (χ1v) is 8.42. The minimum absolute atomic E-state index is 0.166. The van der Waals surface area contributed by atoms with Crippen molar-refractivity contribution in [3.8, 4) is 0 Å². The first kappa shape index (κ1) is 15.9. The quantitative estimate of drug-likeness (QED) is 0.891. The first-order chi connectivity index (χ1) is 12.0. The van der Waals surface area contributed by atoms with Crippen LogP contribution in [0.15, 0.2) is 36.4 Å². The summed E-state index contributed by atoms with van der Waals surface area (Å²) in [5.41, 5.74) is 9.04. The highest BCUT2D eigenvalue weighted by atomic mass is 19.1. The number of carbonyl (C=O) groups excluding carboxylic acids is 1. The third-order valence-corrected chi connectivity index (χ3v) is 5.11. The average Bonchev–Trinajstić information content (AvgIpc) is 2.92. The van der Waals surface area contributed by atoms with Crippen LogP contribution in [0.5, 0.6) is 0 Å². The fourth-order valence-corrected chi connectivity index (χ4v) is 3.75. The molecule has 2 aliphatic rings. The van der Waals surface area contributed by atoms with E-state index < -0.39 is 17.7 Å². The van der Waals surface area contributed by atoms with Crippen molar-refractivity contribution in [1.82, 2.24) is 0 Å². The normalized spacial score (nSPS) is 21.6. The predicted molar refractivity (Wildman–Crippen MR) is 92.8 cm³/mol. The van der Waals surface area contributed by atoms with Gasteiger partial charge in [-0.05, 0) is 60.6 Å². The summed E-state index contributed by atoms with van der Waals surface area (Å²) in [6.45, 7) is 0.616. The van der Waals surface area contributed by atoms with Gasteiger partial charge in [-0.1, -0.05) is 6.07 Å². The van der Waals surface area contributed by atoms with E-state index in [9.17, 15) is 13.6 Å². The molecule has 1 aliphatic carbocycles. The molecule has 0 aromatic heterocycles. The van der Waals surface area contributed by atoms with Crippen molar-refractivity contribution in [2.24, 2.45) is 5.73 Å². The zero-order chi connectivity index (χ0) is 17.6. The van der Waals surface area contributed by atoms with E-state index in [0.29, 0.717) is 12.1 Å². The zero-order valence-electron chi connectivity index (χ0n) is 13.6. The molecule has 1 saturated carbocycles. The maximum absolute atomic E-state index is 13.3. The van der Waals surface area contributed by atoms with Crippen LogP contribution >= 0.6 is 0 Å². The lowest BCUT2D eigenvalue weighted by atomic mass is 9.75. The Morgan fingerprint density at radius 2 is 1.84 bits per heavy atom. The Balaban J connectivity index is 1.42. The fourth-order valence-electron chi connectivity index (χ4n) is 3.75. The number of hydrogen-bond donors (Lipinski definition) is 2. The second-order valence-electron chi connectivity index (χ2n) is 6.80. The molecule has 130 valence electrons. The molecule has 0 radical (unpaired) electrons. The zero-order valence-corrected chi connectivity index (χ0v) is 13.6. The third-order valence-electron chi connectivity index (χ3n) is 5.11. The Kier molecular flexibility index (Phi) is 3.82. The number of anilines is 2. The van der Waals surface area contributed by atoms with Crippen molar-refractivity contribution in [1.29, 1.82) is 0 Å². The Morgan fingerprint density at radius 3 is 2.52 bits per heavy atom. The number of nitrogens with two attached hydrogens (primary N) is 1. The van der Waals surface area contributed by atoms with Gasteiger partial charge in [0.15, 0.2) is 0 Å². The van der Waals surface area contributed by atoms with Gasteiger partial charge in [0.1, 0.15) is 11.6 Å². The molecule has 4 nitrogen and oxygen atoms in total. The summed E-state index contributed by atoms with van der Waals surface area (Å²) in [5.74, 6) is -0.896. The molecule has 3 N–H and O–H groups in total. The van der Waals surface area contributed by atoms with Crippen LogP contribution in [0.4, 0.5) is 25.0 Å². The molecule has 2 aromatic carbocycles. The Bertz CT molecular complexity index is 813. The molecule has 2 aromatic rings. The Hall–Kier alpha value is -2.63. The number of urea groups is 1. The second kappa shape index (κ2) is 6.02. The summed E-state index contributed by atoms with van der Waals surface area (Å²) in [4.78, 5) is 13.1.